The van der Waals surface area contributed by atoms with Gasteiger partial charge in [0.1, 0.15) is 5.75 Å². The maximum Gasteiger partial charge on any atom is 0.258 e. The fourth-order valence-electron chi connectivity index (χ4n) is 3.56. The number of carbonyl (C=O) groups excluding carboxylic acids is 1. The molecule has 4 heteroatoms. The van der Waals surface area contributed by atoms with E-state index < -0.39 is 0 Å². The molecule has 0 aliphatic rings. The van der Waals surface area contributed by atoms with Crippen LogP contribution >= 0.6 is 0 Å². The maximum atomic E-state index is 12.4. The first kappa shape index (κ1) is 23.9. The second-order valence-electron chi connectivity index (χ2n) is 8.70. The molecule has 0 bridgehead atoms. The van der Waals surface area contributed by atoms with E-state index in [1.54, 1.807) is 0 Å². The third kappa shape index (κ3) is 6.88. The van der Waals surface area contributed by atoms with E-state index in [-0.39, 0.29) is 24.0 Å². The van der Waals surface area contributed by atoms with Gasteiger partial charge in [0.15, 0.2) is 6.61 Å². The van der Waals surface area contributed by atoms with E-state index in [9.17, 15) is 4.79 Å². The molecule has 1 N–H and O–H groups in total. The molecular weight excluding hydrogens is 372 g/mol. The number of hydrogen-bond donors (Lipinski definition) is 1. The van der Waals surface area contributed by atoms with Crippen LogP contribution in [-0.4, -0.2) is 37.0 Å². The highest BCUT2D eigenvalue weighted by Crippen LogP contribution is 2.26. The quantitative estimate of drug-likeness (QED) is 0.591. The van der Waals surface area contributed by atoms with Crippen LogP contribution in [0.1, 0.15) is 64.3 Å². The minimum Gasteiger partial charge on any atom is -0.484 e. The highest BCUT2D eigenvalue weighted by atomic mass is 16.5. The molecule has 0 aliphatic carbocycles. The number of nitrogens with one attached hydrogen (secondary N) is 1. The molecule has 0 aromatic heterocycles. The van der Waals surface area contributed by atoms with Gasteiger partial charge in [0.2, 0.25) is 0 Å². The summed E-state index contributed by atoms with van der Waals surface area (Å²) in [5.41, 5.74) is 3.93. The van der Waals surface area contributed by atoms with Gasteiger partial charge >= 0.3 is 0 Å². The molecule has 30 heavy (non-hydrogen) atoms. The molecule has 2 aromatic carbocycles. The van der Waals surface area contributed by atoms with Crippen molar-refractivity contribution in [2.45, 2.75) is 59.4 Å². The predicted molar refractivity (Wildman–Crippen MR) is 125 cm³/mol. The van der Waals surface area contributed by atoms with Crippen LogP contribution in [-0.2, 0) is 16.6 Å². The fraction of sp³-hybridized carbons (Fsp3) is 0.500. The van der Waals surface area contributed by atoms with Crippen LogP contribution in [0.5, 0.6) is 5.75 Å². The number of benzene rings is 2. The van der Waals surface area contributed by atoms with Crippen LogP contribution < -0.4 is 10.1 Å². The topological polar surface area (TPSA) is 41.6 Å². The summed E-state index contributed by atoms with van der Waals surface area (Å²) < 4.78 is 5.65. The first-order chi connectivity index (χ1) is 14.3. The van der Waals surface area contributed by atoms with Gasteiger partial charge in [-0.05, 0) is 53.7 Å². The van der Waals surface area contributed by atoms with Crippen molar-refractivity contribution in [3.05, 3.63) is 65.2 Å². The Kier molecular flexibility index (Phi) is 8.91. The standard InChI is InChI=1S/C26H38N2O2/c1-7-20-10-16-23(17-11-20)30-19-25(29)27-18-24(28(8-2)9-3)21-12-14-22(15-13-21)26(4,5)6/h10-17,24H,7-9,18-19H2,1-6H3,(H,27,29)/t24-/m1/s1. The lowest BCUT2D eigenvalue weighted by atomic mass is 9.86. The Morgan fingerprint density at radius 3 is 2.07 bits per heavy atom. The summed E-state index contributed by atoms with van der Waals surface area (Å²) in [7, 11) is 0. The molecule has 0 unspecified atom stereocenters. The van der Waals surface area contributed by atoms with E-state index in [0.29, 0.717) is 6.54 Å². The summed E-state index contributed by atoms with van der Waals surface area (Å²) in [6.07, 6.45) is 0.990. The van der Waals surface area contributed by atoms with Crippen molar-refractivity contribution in [3.63, 3.8) is 0 Å². The average molecular weight is 411 g/mol. The molecule has 164 valence electrons. The number of aryl methyl sites for hydroxylation is 1. The minimum atomic E-state index is -0.0990. The van der Waals surface area contributed by atoms with E-state index in [0.717, 1.165) is 25.3 Å². The summed E-state index contributed by atoms with van der Waals surface area (Å²) >= 11 is 0. The van der Waals surface area contributed by atoms with Gasteiger partial charge in [0.25, 0.3) is 5.91 Å². The van der Waals surface area contributed by atoms with Crippen LogP contribution in [0.3, 0.4) is 0 Å². The molecule has 1 atom stereocenters. The highest BCUT2D eigenvalue weighted by molar-refractivity contribution is 5.77. The maximum absolute atomic E-state index is 12.4. The first-order valence-electron chi connectivity index (χ1n) is 11.1. The Morgan fingerprint density at radius 2 is 1.57 bits per heavy atom. The molecule has 0 spiro atoms. The number of ether oxygens (including phenoxy) is 1. The third-order valence-electron chi connectivity index (χ3n) is 5.61. The fourth-order valence-corrected chi connectivity index (χ4v) is 3.56. The van der Waals surface area contributed by atoms with E-state index >= 15 is 0 Å². The Labute approximate surface area is 182 Å². The predicted octanol–water partition coefficient (Wildman–Crippen LogP) is 5.12. The molecule has 0 heterocycles. The minimum absolute atomic E-state index is 0.0272. The normalized spacial score (nSPS) is 12.6. The van der Waals surface area contributed by atoms with E-state index in [1.165, 1.54) is 16.7 Å². The lowest BCUT2D eigenvalue weighted by Crippen LogP contribution is -2.39. The van der Waals surface area contributed by atoms with Gasteiger partial charge in [-0.1, -0.05) is 77.9 Å². The van der Waals surface area contributed by atoms with E-state index in [1.807, 2.05) is 24.3 Å². The zero-order valence-electron chi connectivity index (χ0n) is 19.5. The summed E-state index contributed by atoms with van der Waals surface area (Å²) in [4.78, 5) is 14.8. The van der Waals surface area contributed by atoms with Crippen LogP contribution in [0.4, 0.5) is 0 Å². The zero-order chi connectivity index (χ0) is 22.1. The van der Waals surface area contributed by atoms with Crippen molar-refractivity contribution in [2.24, 2.45) is 0 Å². The molecule has 2 aromatic rings. The van der Waals surface area contributed by atoms with Crippen molar-refractivity contribution in [1.29, 1.82) is 0 Å². The van der Waals surface area contributed by atoms with E-state index in [2.05, 4.69) is 76.0 Å². The van der Waals surface area contributed by atoms with Gasteiger partial charge in [-0.15, -0.1) is 0 Å². The zero-order valence-corrected chi connectivity index (χ0v) is 19.5. The largest absolute Gasteiger partial charge is 0.484 e. The lowest BCUT2D eigenvalue weighted by Gasteiger charge is -2.31. The van der Waals surface area contributed by atoms with Crippen molar-refractivity contribution >= 4 is 5.91 Å². The summed E-state index contributed by atoms with van der Waals surface area (Å²) in [5.74, 6) is 0.624. The number of rotatable bonds is 10. The molecule has 0 saturated carbocycles. The van der Waals surface area contributed by atoms with Crippen molar-refractivity contribution < 1.29 is 9.53 Å². The van der Waals surface area contributed by atoms with Gasteiger partial charge in [0, 0.05) is 6.54 Å². The SMILES string of the molecule is CCc1ccc(OCC(=O)NC[C@H](c2ccc(C(C)(C)C)cc2)N(CC)CC)cc1. The molecule has 2 rings (SSSR count). The molecular formula is C26H38N2O2. The molecule has 1 amide bonds. The highest BCUT2D eigenvalue weighted by Gasteiger charge is 2.20. The first-order valence-corrected chi connectivity index (χ1v) is 11.1. The van der Waals surface area contributed by atoms with Crippen LogP contribution in [0.25, 0.3) is 0 Å². The Balaban J connectivity index is 1.99. The Bertz CT molecular complexity index is 772. The monoisotopic (exact) mass is 410 g/mol. The summed E-state index contributed by atoms with van der Waals surface area (Å²) in [5, 5.41) is 3.06. The van der Waals surface area contributed by atoms with Gasteiger partial charge in [-0.2, -0.15) is 0 Å². The number of carbonyl (C=O) groups is 1. The second kappa shape index (κ2) is 11.2. The van der Waals surface area contributed by atoms with Crippen LogP contribution in [0.2, 0.25) is 0 Å². The van der Waals surface area contributed by atoms with Crippen molar-refractivity contribution in [2.75, 3.05) is 26.2 Å². The lowest BCUT2D eigenvalue weighted by molar-refractivity contribution is -0.123. The molecule has 0 aliphatic heterocycles. The summed E-state index contributed by atoms with van der Waals surface area (Å²) in [6, 6.07) is 16.8. The van der Waals surface area contributed by atoms with E-state index in [4.69, 9.17) is 4.74 Å². The van der Waals surface area contributed by atoms with Gasteiger partial charge in [-0.3, -0.25) is 9.69 Å². The molecule has 0 saturated heterocycles. The summed E-state index contributed by atoms with van der Waals surface area (Å²) in [6.45, 7) is 15.5. The number of likely N-dealkylation sites (N-methyl/N-ethyl adjacent to an activating group) is 1. The van der Waals surface area contributed by atoms with Crippen molar-refractivity contribution in [3.8, 4) is 5.75 Å². The number of amides is 1. The molecule has 0 radical (unpaired) electrons. The van der Waals surface area contributed by atoms with Gasteiger partial charge < -0.3 is 10.1 Å². The Hall–Kier alpha value is -2.33. The number of hydrogen-bond acceptors (Lipinski definition) is 3. The van der Waals surface area contributed by atoms with Crippen molar-refractivity contribution in [1.82, 2.24) is 10.2 Å². The molecule has 0 fully saturated rings. The van der Waals surface area contributed by atoms with Crippen LogP contribution in [0, 0.1) is 0 Å². The third-order valence-corrected chi connectivity index (χ3v) is 5.61. The molecule has 4 nitrogen and oxygen atoms in total. The Morgan fingerprint density at radius 1 is 0.967 bits per heavy atom. The second-order valence-corrected chi connectivity index (χ2v) is 8.70. The van der Waals surface area contributed by atoms with Gasteiger partial charge in [-0.25, -0.2) is 0 Å². The average Bonchev–Trinajstić information content (AvgIpc) is 2.75. The smallest absolute Gasteiger partial charge is 0.258 e. The number of nitrogens with zero attached hydrogens (tertiary/aromatic N) is 1. The van der Waals surface area contributed by atoms with Gasteiger partial charge in [0.05, 0.1) is 6.04 Å². The van der Waals surface area contributed by atoms with Crippen LogP contribution in [0.15, 0.2) is 48.5 Å².